The van der Waals surface area contributed by atoms with Gasteiger partial charge < -0.3 is 19.9 Å². The maximum absolute atomic E-state index is 8.74. The fourth-order valence-corrected chi connectivity index (χ4v) is 2.58. The molecule has 0 radical (unpaired) electrons. The Morgan fingerprint density at radius 3 is 2.95 bits per heavy atom. The van der Waals surface area contributed by atoms with Crippen molar-refractivity contribution in [2.24, 2.45) is 0 Å². The second-order valence-corrected chi connectivity index (χ2v) is 5.19. The molecule has 0 bridgehead atoms. The van der Waals surface area contributed by atoms with Crippen LogP contribution in [0.5, 0.6) is 11.5 Å². The third-order valence-electron chi connectivity index (χ3n) is 3.73. The molecule has 2 rings (SSSR count). The highest BCUT2D eigenvalue weighted by Gasteiger charge is 2.21. The molecule has 2 N–H and O–H groups in total. The molecule has 0 saturated carbocycles. The van der Waals surface area contributed by atoms with Crippen LogP contribution in [0.1, 0.15) is 43.7 Å². The first-order chi connectivity index (χ1) is 9.85. The van der Waals surface area contributed by atoms with Gasteiger partial charge in [0.1, 0.15) is 11.5 Å². The lowest BCUT2D eigenvalue weighted by molar-refractivity contribution is 0.251. The van der Waals surface area contributed by atoms with E-state index < -0.39 is 0 Å². The van der Waals surface area contributed by atoms with Gasteiger partial charge in [-0.2, -0.15) is 0 Å². The quantitative estimate of drug-likeness (QED) is 0.718. The fourth-order valence-electron chi connectivity index (χ4n) is 2.58. The molecule has 1 aromatic rings. The normalized spacial score (nSPS) is 17.4. The van der Waals surface area contributed by atoms with Crippen molar-refractivity contribution < 1.29 is 14.6 Å². The van der Waals surface area contributed by atoms with Gasteiger partial charge in [-0.05, 0) is 37.6 Å². The van der Waals surface area contributed by atoms with Crippen LogP contribution in [0.3, 0.4) is 0 Å². The van der Waals surface area contributed by atoms with E-state index in [0.717, 1.165) is 50.3 Å². The molecule has 20 heavy (non-hydrogen) atoms. The van der Waals surface area contributed by atoms with Gasteiger partial charge in [0.25, 0.3) is 0 Å². The average molecular weight is 279 g/mol. The van der Waals surface area contributed by atoms with E-state index in [2.05, 4.69) is 11.4 Å². The van der Waals surface area contributed by atoms with Gasteiger partial charge in [-0.3, -0.25) is 0 Å². The van der Waals surface area contributed by atoms with Gasteiger partial charge in [0.2, 0.25) is 0 Å². The van der Waals surface area contributed by atoms with E-state index >= 15 is 0 Å². The molecule has 0 fully saturated rings. The molecule has 0 saturated heterocycles. The number of hydrogen-bond donors (Lipinski definition) is 2. The molecule has 112 valence electrons. The number of hydrogen-bond acceptors (Lipinski definition) is 4. The van der Waals surface area contributed by atoms with Gasteiger partial charge in [-0.15, -0.1) is 0 Å². The highest BCUT2D eigenvalue weighted by Crippen LogP contribution is 2.34. The van der Waals surface area contributed by atoms with Crippen LogP contribution in [0, 0.1) is 0 Å². The number of rotatable bonds is 8. The van der Waals surface area contributed by atoms with Crippen LogP contribution >= 0.6 is 0 Å². The minimum atomic E-state index is 0.306. The standard InChI is InChI=1S/C16H25NO3/c1-19-13-6-7-16-14(12-13)15(8-11-20-16)17-9-4-2-3-5-10-18/h6-7,12,15,17-18H,2-5,8-11H2,1H3. The van der Waals surface area contributed by atoms with Crippen LogP contribution in [0.15, 0.2) is 18.2 Å². The Bertz CT molecular complexity index is 409. The van der Waals surface area contributed by atoms with E-state index in [1.165, 1.54) is 12.0 Å². The maximum atomic E-state index is 8.74. The second kappa shape index (κ2) is 8.12. The van der Waals surface area contributed by atoms with Crippen LogP contribution in [0.4, 0.5) is 0 Å². The number of methoxy groups -OCH3 is 1. The number of fused-ring (bicyclic) bond motifs is 1. The predicted octanol–water partition coefficient (Wildman–Crippen LogP) is 2.66. The van der Waals surface area contributed by atoms with Crippen LogP contribution in [0.25, 0.3) is 0 Å². The molecule has 0 aliphatic carbocycles. The van der Waals surface area contributed by atoms with Crippen molar-refractivity contribution in [1.29, 1.82) is 0 Å². The van der Waals surface area contributed by atoms with Crippen LogP contribution in [-0.2, 0) is 0 Å². The number of nitrogens with one attached hydrogen (secondary N) is 1. The minimum absolute atomic E-state index is 0.306. The van der Waals surface area contributed by atoms with E-state index in [0.29, 0.717) is 12.6 Å². The van der Waals surface area contributed by atoms with E-state index in [1.54, 1.807) is 7.11 Å². The molecule has 1 aliphatic rings. The van der Waals surface area contributed by atoms with Gasteiger partial charge in [0.15, 0.2) is 0 Å². The summed E-state index contributed by atoms with van der Waals surface area (Å²) in [5, 5.41) is 12.4. The molecule has 1 unspecified atom stereocenters. The lowest BCUT2D eigenvalue weighted by Gasteiger charge is -2.27. The Kier molecular flexibility index (Phi) is 6.15. The van der Waals surface area contributed by atoms with E-state index in [1.807, 2.05) is 12.1 Å². The van der Waals surface area contributed by atoms with Crippen LogP contribution in [-0.4, -0.2) is 32.0 Å². The lowest BCUT2D eigenvalue weighted by Crippen LogP contribution is -2.27. The number of unbranched alkanes of at least 4 members (excludes halogenated alkanes) is 3. The van der Waals surface area contributed by atoms with Crippen molar-refractivity contribution in [3.05, 3.63) is 23.8 Å². The molecular weight excluding hydrogens is 254 g/mol. The third-order valence-corrected chi connectivity index (χ3v) is 3.73. The number of aliphatic hydroxyl groups excluding tert-OH is 1. The average Bonchev–Trinajstić information content (AvgIpc) is 2.50. The van der Waals surface area contributed by atoms with Crippen molar-refractivity contribution in [3.63, 3.8) is 0 Å². The summed E-state index contributed by atoms with van der Waals surface area (Å²) >= 11 is 0. The molecular formula is C16H25NO3. The first-order valence-corrected chi connectivity index (χ1v) is 7.50. The molecule has 4 heteroatoms. The summed E-state index contributed by atoms with van der Waals surface area (Å²) in [4.78, 5) is 0. The largest absolute Gasteiger partial charge is 0.497 e. The zero-order valence-electron chi connectivity index (χ0n) is 12.2. The summed E-state index contributed by atoms with van der Waals surface area (Å²) in [7, 11) is 1.69. The van der Waals surface area contributed by atoms with Gasteiger partial charge in [0.05, 0.1) is 13.7 Å². The fraction of sp³-hybridized carbons (Fsp3) is 0.625. The van der Waals surface area contributed by atoms with E-state index in [-0.39, 0.29) is 0 Å². The first kappa shape index (κ1) is 15.1. The summed E-state index contributed by atoms with van der Waals surface area (Å²) in [6, 6.07) is 6.35. The molecule has 0 spiro atoms. The highest BCUT2D eigenvalue weighted by molar-refractivity contribution is 5.43. The Labute approximate surface area is 121 Å². The molecule has 1 aromatic carbocycles. The molecule has 0 aromatic heterocycles. The molecule has 1 aliphatic heterocycles. The monoisotopic (exact) mass is 279 g/mol. The SMILES string of the molecule is COc1ccc2c(c1)C(NCCCCCCO)CCO2. The van der Waals surface area contributed by atoms with Crippen molar-refractivity contribution in [2.75, 3.05) is 26.9 Å². The molecule has 1 heterocycles. The zero-order chi connectivity index (χ0) is 14.2. The summed E-state index contributed by atoms with van der Waals surface area (Å²) in [6.45, 7) is 2.08. The highest BCUT2D eigenvalue weighted by atomic mass is 16.5. The Balaban J connectivity index is 1.84. The van der Waals surface area contributed by atoms with Crippen LogP contribution in [0.2, 0.25) is 0 Å². The van der Waals surface area contributed by atoms with E-state index in [9.17, 15) is 0 Å². The van der Waals surface area contributed by atoms with Crippen molar-refractivity contribution in [2.45, 2.75) is 38.1 Å². The molecule has 4 nitrogen and oxygen atoms in total. The molecule has 0 amide bonds. The van der Waals surface area contributed by atoms with Crippen molar-refractivity contribution in [1.82, 2.24) is 5.32 Å². The predicted molar refractivity (Wildman–Crippen MR) is 79.4 cm³/mol. The summed E-state index contributed by atoms with van der Waals surface area (Å²) < 4.78 is 11.0. The van der Waals surface area contributed by atoms with Gasteiger partial charge >= 0.3 is 0 Å². The van der Waals surface area contributed by atoms with Crippen LogP contribution < -0.4 is 14.8 Å². The van der Waals surface area contributed by atoms with Gasteiger partial charge in [0, 0.05) is 24.6 Å². The third kappa shape index (κ3) is 4.12. The number of ether oxygens (including phenoxy) is 2. The Morgan fingerprint density at radius 1 is 1.30 bits per heavy atom. The lowest BCUT2D eigenvalue weighted by atomic mass is 10.00. The van der Waals surface area contributed by atoms with Gasteiger partial charge in [-0.25, -0.2) is 0 Å². The van der Waals surface area contributed by atoms with Crippen molar-refractivity contribution in [3.8, 4) is 11.5 Å². The topological polar surface area (TPSA) is 50.7 Å². The van der Waals surface area contributed by atoms with Crippen molar-refractivity contribution >= 4 is 0 Å². The number of benzene rings is 1. The zero-order valence-corrected chi connectivity index (χ0v) is 12.2. The molecule has 1 atom stereocenters. The Morgan fingerprint density at radius 2 is 2.15 bits per heavy atom. The maximum Gasteiger partial charge on any atom is 0.124 e. The summed E-state index contributed by atoms with van der Waals surface area (Å²) in [5.74, 6) is 1.85. The van der Waals surface area contributed by atoms with Gasteiger partial charge in [-0.1, -0.05) is 12.8 Å². The second-order valence-electron chi connectivity index (χ2n) is 5.19. The smallest absolute Gasteiger partial charge is 0.124 e. The minimum Gasteiger partial charge on any atom is -0.497 e. The number of aliphatic hydroxyl groups is 1. The van der Waals surface area contributed by atoms with E-state index in [4.69, 9.17) is 14.6 Å². The summed E-state index contributed by atoms with van der Waals surface area (Å²) in [5.41, 5.74) is 1.20. The first-order valence-electron chi connectivity index (χ1n) is 7.50. The summed E-state index contributed by atoms with van der Waals surface area (Å²) in [6.07, 6.45) is 5.34. The Hall–Kier alpha value is -1.26.